The SMILES string of the molecule is CC(C)(C#N)CCn1cnc(Cl)c(I)c1=O. The van der Waals surface area contributed by atoms with Gasteiger partial charge in [-0.15, -0.1) is 0 Å². The van der Waals surface area contributed by atoms with Crippen LogP contribution in [0.4, 0.5) is 0 Å². The first-order valence-corrected chi connectivity index (χ1v) is 6.15. The van der Waals surface area contributed by atoms with Gasteiger partial charge < -0.3 is 0 Å². The third-order valence-electron chi connectivity index (χ3n) is 2.22. The lowest BCUT2D eigenvalue weighted by Gasteiger charge is -2.15. The average Bonchev–Trinajstić information content (AvgIpc) is 2.25. The second-order valence-corrected chi connectivity index (χ2v) is 5.53. The molecule has 0 spiro atoms. The van der Waals surface area contributed by atoms with E-state index in [4.69, 9.17) is 16.9 Å². The maximum Gasteiger partial charge on any atom is 0.268 e. The zero-order valence-electron chi connectivity index (χ0n) is 9.00. The molecule has 16 heavy (non-hydrogen) atoms. The minimum atomic E-state index is -0.440. The van der Waals surface area contributed by atoms with Crippen LogP contribution in [0.25, 0.3) is 0 Å². The lowest BCUT2D eigenvalue weighted by Crippen LogP contribution is -2.25. The van der Waals surface area contributed by atoms with E-state index >= 15 is 0 Å². The van der Waals surface area contributed by atoms with Crippen molar-refractivity contribution in [3.63, 3.8) is 0 Å². The van der Waals surface area contributed by atoms with Gasteiger partial charge >= 0.3 is 0 Å². The van der Waals surface area contributed by atoms with Crippen molar-refractivity contribution >= 4 is 34.2 Å². The molecule has 0 saturated heterocycles. The van der Waals surface area contributed by atoms with Gasteiger partial charge in [-0.05, 0) is 42.9 Å². The van der Waals surface area contributed by atoms with E-state index in [0.717, 1.165) is 0 Å². The van der Waals surface area contributed by atoms with Gasteiger partial charge in [-0.25, -0.2) is 4.98 Å². The Kier molecular flexibility index (Phi) is 4.33. The van der Waals surface area contributed by atoms with E-state index in [2.05, 4.69) is 11.1 Å². The lowest BCUT2D eigenvalue weighted by molar-refractivity contribution is 0.407. The van der Waals surface area contributed by atoms with E-state index in [1.807, 2.05) is 36.4 Å². The van der Waals surface area contributed by atoms with Crippen LogP contribution in [0.5, 0.6) is 0 Å². The Balaban J connectivity index is 2.89. The molecule has 0 atom stereocenters. The summed E-state index contributed by atoms with van der Waals surface area (Å²) in [6, 6.07) is 2.19. The number of hydrogen-bond donors (Lipinski definition) is 0. The van der Waals surface area contributed by atoms with Crippen molar-refractivity contribution in [2.24, 2.45) is 5.41 Å². The topological polar surface area (TPSA) is 58.7 Å². The van der Waals surface area contributed by atoms with E-state index in [1.165, 1.54) is 10.9 Å². The van der Waals surface area contributed by atoms with E-state index in [0.29, 0.717) is 16.5 Å². The summed E-state index contributed by atoms with van der Waals surface area (Å²) in [5.74, 6) is 0. The molecule has 0 amide bonds. The predicted octanol–water partition coefficient (Wildman–Crippen LogP) is 2.44. The summed E-state index contributed by atoms with van der Waals surface area (Å²) in [4.78, 5) is 15.6. The number of halogens is 2. The predicted molar refractivity (Wildman–Crippen MR) is 70.2 cm³/mol. The molecule has 0 bridgehead atoms. The first-order valence-electron chi connectivity index (χ1n) is 4.69. The summed E-state index contributed by atoms with van der Waals surface area (Å²) in [7, 11) is 0. The highest BCUT2D eigenvalue weighted by atomic mass is 127. The van der Waals surface area contributed by atoms with Gasteiger partial charge in [0, 0.05) is 6.54 Å². The Bertz CT molecular complexity index is 490. The van der Waals surface area contributed by atoms with Crippen molar-refractivity contribution in [2.75, 3.05) is 0 Å². The summed E-state index contributed by atoms with van der Waals surface area (Å²) in [6.45, 7) is 4.15. The molecule has 86 valence electrons. The number of nitrogens with zero attached hydrogens (tertiary/aromatic N) is 3. The van der Waals surface area contributed by atoms with E-state index < -0.39 is 5.41 Å². The van der Waals surface area contributed by atoms with Gasteiger partial charge in [-0.2, -0.15) is 5.26 Å². The highest BCUT2D eigenvalue weighted by Crippen LogP contribution is 2.19. The van der Waals surface area contributed by atoms with Gasteiger partial charge in [-0.3, -0.25) is 9.36 Å². The molecule has 0 saturated carbocycles. The minimum Gasteiger partial charge on any atom is -0.298 e. The van der Waals surface area contributed by atoms with Crippen molar-refractivity contribution in [1.82, 2.24) is 9.55 Å². The number of nitriles is 1. The summed E-state index contributed by atoms with van der Waals surface area (Å²) >= 11 is 7.59. The van der Waals surface area contributed by atoms with Crippen LogP contribution in [0.2, 0.25) is 5.15 Å². The highest BCUT2D eigenvalue weighted by Gasteiger charge is 2.17. The Labute approximate surface area is 112 Å². The second kappa shape index (κ2) is 5.15. The zero-order chi connectivity index (χ0) is 12.3. The first kappa shape index (κ1) is 13.5. The van der Waals surface area contributed by atoms with Crippen LogP contribution < -0.4 is 5.56 Å². The maximum atomic E-state index is 11.7. The zero-order valence-corrected chi connectivity index (χ0v) is 11.9. The van der Waals surface area contributed by atoms with Crippen molar-refractivity contribution in [1.29, 1.82) is 5.26 Å². The largest absolute Gasteiger partial charge is 0.298 e. The molecular formula is C10H11ClIN3O. The molecule has 1 aromatic heterocycles. The quantitative estimate of drug-likeness (QED) is 0.621. The molecule has 1 heterocycles. The Morgan fingerprint density at radius 3 is 2.88 bits per heavy atom. The van der Waals surface area contributed by atoms with E-state index in [9.17, 15) is 4.79 Å². The molecule has 0 aliphatic rings. The maximum absolute atomic E-state index is 11.7. The molecule has 1 aromatic rings. The normalized spacial score (nSPS) is 11.2. The number of aryl methyl sites for hydroxylation is 1. The molecule has 0 aliphatic carbocycles. The van der Waals surface area contributed by atoms with Gasteiger partial charge in [0.1, 0.15) is 8.72 Å². The van der Waals surface area contributed by atoms with Gasteiger partial charge in [0.2, 0.25) is 0 Å². The summed E-state index contributed by atoms with van der Waals surface area (Å²) in [6.07, 6.45) is 2.02. The fourth-order valence-corrected chi connectivity index (χ4v) is 1.63. The van der Waals surface area contributed by atoms with Gasteiger partial charge in [-0.1, -0.05) is 11.6 Å². The highest BCUT2D eigenvalue weighted by molar-refractivity contribution is 14.1. The monoisotopic (exact) mass is 351 g/mol. The lowest BCUT2D eigenvalue weighted by atomic mass is 9.91. The van der Waals surface area contributed by atoms with Crippen LogP contribution in [0.1, 0.15) is 20.3 Å². The second-order valence-electron chi connectivity index (χ2n) is 4.09. The molecule has 0 aliphatic heterocycles. The smallest absolute Gasteiger partial charge is 0.268 e. The van der Waals surface area contributed by atoms with E-state index in [-0.39, 0.29) is 10.7 Å². The fourth-order valence-electron chi connectivity index (χ4n) is 1.06. The van der Waals surface area contributed by atoms with Gasteiger partial charge in [0.25, 0.3) is 5.56 Å². The third-order valence-corrected chi connectivity index (χ3v) is 3.80. The number of aromatic nitrogens is 2. The van der Waals surface area contributed by atoms with Crippen LogP contribution >= 0.6 is 34.2 Å². The molecule has 1 rings (SSSR count). The molecule has 0 radical (unpaired) electrons. The van der Waals surface area contributed by atoms with E-state index in [1.54, 1.807) is 0 Å². The molecule has 6 heteroatoms. The van der Waals surface area contributed by atoms with Crippen LogP contribution in [-0.4, -0.2) is 9.55 Å². The molecule has 0 aromatic carbocycles. The van der Waals surface area contributed by atoms with Crippen molar-refractivity contribution in [2.45, 2.75) is 26.8 Å². The van der Waals surface area contributed by atoms with Crippen molar-refractivity contribution < 1.29 is 0 Å². The first-order chi connectivity index (χ1) is 7.37. The summed E-state index contributed by atoms with van der Waals surface area (Å²) in [5.41, 5.74) is -0.598. The Morgan fingerprint density at radius 1 is 1.69 bits per heavy atom. The van der Waals surface area contributed by atoms with Crippen LogP contribution in [0.15, 0.2) is 11.1 Å². The van der Waals surface area contributed by atoms with Crippen LogP contribution in [0.3, 0.4) is 0 Å². The van der Waals surface area contributed by atoms with Crippen LogP contribution in [0, 0.1) is 20.3 Å². The molecule has 0 N–H and O–H groups in total. The minimum absolute atomic E-state index is 0.158. The standard InChI is InChI=1S/C10H11ClIN3O/c1-10(2,5-13)3-4-15-6-14-8(11)7(12)9(15)16/h6H,3-4H2,1-2H3. The summed E-state index contributed by atoms with van der Waals surface area (Å²) < 4.78 is 1.89. The van der Waals surface area contributed by atoms with Crippen LogP contribution in [-0.2, 0) is 6.54 Å². The molecule has 0 unspecified atom stereocenters. The Hall–Kier alpha value is -0.610. The van der Waals surface area contributed by atoms with Gasteiger partial charge in [0.15, 0.2) is 0 Å². The van der Waals surface area contributed by atoms with Crippen molar-refractivity contribution in [3.05, 3.63) is 25.4 Å². The Morgan fingerprint density at radius 2 is 2.31 bits per heavy atom. The summed E-state index contributed by atoms with van der Waals surface area (Å²) in [5, 5.41) is 9.09. The molecule has 4 nitrogen and oxygen atoms in total. The molecular weight excluding hydrogens is 340 g/mol. The fraction of sp³-hybridized carbons (Fsp3) is 0.500. The number of rotatable bonds is 3. The van der Waals surface area contributed by atoms with Gasteiger partial charge in [0.05, 0.1) is 17.8 Å². The third kappa shape index (κ3) is 3.19. The van der Waals surface area contributed by atoms with Crippen molar-refractivity contribution in [3.8, 4) is 6.07 Å². The molecule has 0 fully saturated rings. The average molecular weight is 352 g/mol. The number of hydrogen-bond acceptors (Lipinski definition) is 3.